The van der Waals surface area contributed by atoms with Gasteiger partial charge in [0.15, 0.2) is 5.69 Å². The number of para-hydroxylation sites is 1. The maximum atomic E-state index is 14.0. The topological polar surface area (TPSA) is 56.1 Å². The van der Waals surface area contributed by atoms with Crippen LogP contribution in [0.4, 0.5) is 23.2 Å². The molecule has 10 heteroatoms. The summed E-state index contributed by atoms with van der Waals surface area (Å²) >= 11 is 5.95. The number of rotatable bonds is 4. The maximum Gasteiger partial charge on any atom is 0.434 e. The van der Waals surface area contributed by atoms with Gasteiger partial charge >= 0.3 is 6.18 Å². The standard InChI is InChI=1S/C18H12ClF4N3O2/c1-28-15-7-6-10(8-12(15)19)25-17(27)11-9-24-26(16(11)18(21,22)23)14-5-3-2-4-13(14)20/h2-9H,1H3,(H,25,27). The van der Waals surface area contributed by atoms with Crippen LogP contribution < -0.4 is 10.1 Å². The molecule has 0 unspecified atom stereocenters. The molecule has 1 aromatic heterocycles. The Kier molecular flexibility index (Phi) is 5.28. The summed E-state index contributed by atoms with van der Waals surface area (Å²) in [6, 6.07) is 9.00. The van der Waals surface area contributed by atoms with E-state index >= 15 is 0 Å². The first-order valence-corrected chi connectivity index (χ1v) is 8.15. The Morgan fingerprint density at radius 1 is 1.21 bits per heavy atom. The number of amides is 1. The molecule has 0 saturated heterocycles. The minimum atomic E-state index is -4.96. The lowest BCUT2D eigenvalue weighted by Gasteiger charge is -2.13. The summed E-state index contributed by atoms with van der Waals surface area (Å²) in [7, 11) is 1.40. The smallest absolute Gasteiger partial charge is 0.434 e. The molecule has 0 aliphatic heterocycles. The van der Waals surface area contributed by atoms with E-state index in [1.165, 1.54) is 37.4 Å². The van der Waals surface area contributed by atoms with Gasteiger partial charge in [-0.05, 0) is 30.3 Å². The first kappa shape index (κ1) is 19.7. The van der Waals surface area contributed by atoms with E-state index in [-0.39, 0.29) is 10.7 Å². The van der Waals surface area contributed by atoms with Crippen LogP contribution in [0.5, 0.6) is 5.75 Å². The monoisotopic (exact) mass is 413 g/mol. The second-order valence-electron chi connectivity index (χ2n) is 5.57. The van der Waals surface area contributed by atoms with Gasteiger partial charge in [0.2, 0.25) is 0 Å². The quantitative estimate of drug-likeness (QED) is 0.616. The number of nitrogens with zero attached hydrogens (tertiary/aromatic N) is 2. The number of hydrogen-bond donors (Lipinski definition) is 1. The number of carbonyl (C=O) groups is 1. The summed E-state index contributed by atoms with van der Waals surface area (Å²) < 4.78 is 60.2. The predicted octanol–water partition coefficient (Wildman–Crippen LogP) is 4.94. The lowest BCUT2D eigenvalue weighted by Crippen LogP contribution is -2.21. The van der Waals surface area contributed by atoms with Crippen molar-refractivity contribution in [1.29, 1.82) is 0 Å². The highest BCUT2D eigenvalue weighted by Crippen LogP contribution is 2.35. The summed E-state index contributed by atoms with van der Waals surface area (Å²) in [5.41, 5.74) is -2.43. The molecule has 1 amide bonds. The summed E-state index contributed by atoms with van der Waals surface area (Å²) in [6.45, 7) is 0. The molecule has 0 fully saturated rings. The van der Waals surface area contributed by atoms with Gasteiger partial charge < -0.3 is 10.1 Å². The van der Waals surface area contributed by atoms with Crippen molar-refractivity contribution in [2.75, 3.05) is 12.4 Å². The highest BCUT2D eigenvalue weighted by Gasteiger charge is 2.41. The maximum absolute atomic E-state index is 14.0. The number of benzene rings is 2. The van der Waals surface area contributed by atoms with Crippen LogP contribution in [-0.4, -0.2) is 22.8 Å². The number of anilines is 1. The average molecular weight is 414 g/mol. The van der Waals surface area contributed by atoms with Crippen molar-refractivity contribution >= 4 is 23.2 Å². The molecule has 0 atom stereocenters. The Bertz CT molecular complexity index is 1030. The van der Waals surface area contributed by atoms with Crippen LogP contribution in [0.3, 0.4) is 0 Å². The highest BCUT2D eigenvalue weighted by atomic mass is 35.5. The van der Waals surface area contributed by atoms with Gasteiger partial charge in [0.1, 0.15) is 17.3 Å². The number of alkyl halides is 3. The van der Waals surface area contributed by atoms with E-state index < -0.39 is 34.8 Å². The summed E-state index contributed by atoms with van der Waals surface area (Å²) in [6.07, 6.45) is -4.22. The molecule has 5 nitrogen and oxygen atoms in total. The molecule has 0 aliphatic rings. The average Bonchev–Trinajstić information content (AvgIpc) is 3.08. The number of ether oxygens (including phenoxy) is 1. The van der Waals surface area contributed by atoms with E-state index in [4.69, 9.17) is 16.3 Å². The molecule has 1 N–H and O–H groups in total. The molecule has 2 aromatic carbocycles. The Labute approximate surface area is 161 Å². The number of hydrogen-bond acceptors (Lipinski definition) is 3. The Morgan fingerprint density at radius 3 is 2.54 bits per heavy atom. The van der Waals surface area contributed by atoms with Crippen LogP contribution in [0.2, 0.25) is 5.02 Å². The molecule has 0 radical (unpaired) electrons. The molecule has 146 valence electrons. The summed E-state index contributed by atoms with van der Waals surface area (Å²) in [5.74, 6) is -1.65. The number of nitrogens with one attached hydrogen (secondary N) is 1. The van der Waals surface area contributed by atoms with E-state index in [0.717, 1.165) is 18.3 Å². The second-order valence-corrected chi connectivity index (χ2v) is 5.98. The molecule has 0 bridgehead atoms. The van der Waals surface area contributed by atoms with Crippen molar-refractivity contribution in [2.45, 2.75) is 6.18 Å². The SMILES string of the molecule is COc1ccc(NC(=O)c2cnn(-c3ccccc3F)c2C(F)(F)F)cc1Cl. The van der Waals surface area contributed by atoms with Crippen molar-refractivity contribution in [3.63, 3.8) is 0 Å². The van der Waals surface area contributed by atoms with Gasteiger partial charge in [-0.2, -0.15) is 18.3 Å². The minimum Gasteiger partial charge on any atom is -0.495 e. The lowest BCUT2D eigenvalue weighted by molar-refractivity contribution is -0.143. The fourth-order valence-electron chi connectivity index (χ4n) is 2.54. The van der Waals surface area contributed by atoms with Crippen molar-refractivity contribution in [3.05, 3.63) is 70.8 Å². The highest BCUT2D eigenvalue weighted by molar-refractivity contribution is 6.32. The van der Waals surface area contributed by atoms with Crippen LogP contribution in [0.1, 0.15) is 16.1 Å². The third-order valence-electron chi connectivity index (χ3n) is 3.77. The fraction of sp³-hybridized carbons (Fsp3) is 0.111. The lowest BCUT2D eigenvalue weighted by atomic mass is 10.2. The van der Waals surface area contributed by atoms with Crippen LogP contribution in [0, 0.1) is 5.82 Å². The van der Waals surface area contributed by atoms with Crippen LogP contribution in [0.25, 0.3) is 5.69 Å². The zero-order chi connectivity index (χ0) is 20.5. The van der Waals surface area contributed by atoms with Crippen LogP contribution in [0.15, 0.2) is 48.7 Å². The van der Waals surface area contributed by atoms with Gasteiger partial charge in [-0.15, -0.1) is 0 Å². The number of halogens is 5. The van der Waals surface area contributed by atoms with Crippen molar-refractivity contribution in [2.24, 2.45) is 0 Å². The number of methoxy groups -OCH3 is 1. The normalized spacial score (nSPS) is 11.4. The largest absolute Gasteiger partial charge is 0.495 e. The zero-order valence-corrected chi connectivity index (χ0v) is 15.0. The summed E-state index contributed by atoms with van der Waals surface area (Å²) in [4.78, 5) is 12.4. The molecule has 1 heterocycles. The van der Waals surface area contributed by atoms with E-state index in [1.54, 1.807) is 0 Å². The Balaban J connectivity index is 2.01. The van der Waals surface area contributed by atoms with Gasteiger partial charge in [0.05, 0.1) is 23.9 Å². The van der Waals surface area contributed by atoms with Crippen LogP contribution >= 0.6 is 11.6 Å². The molecular formula is C18H12ClF4N3O2. The Morgan fingerprint density at radius 2 is 1.93 bits per heavy atom. The van der Waals surface area contributed by atoms with Gasteiger partial charge in [-0.3, -0.25) is 4.79 Å². The number of aromatic nitrogens is 2. The molecule has 3 aromatic rings. The van der Waals surface area contributed by atoms with E-state index in [2.05, 4.69) is 10.4 Å². The van der Waals surface area contributed by atoms with Gasteiger partial charge in [-0.25, -0.2) is 9.07 Å². The van der Waals surface area contributed by atoms with E-state index in [0.29, 0.717) is 10.4 Å². The fourth-order valence-corrected chi connectivity index (χ4v) is 2.79. The second kappa shape index (κ2) is 7.51. The summed E-state index contributed by atoms with van der Waals surface area (Å²) in [5, 5.41) is 6.05. The van der Waals surface area contributed by atoms with Gasteiger partial charge in [0, 0.05) is 5.69 Å². The van der Waals surface area contributed by atoms with Crippen molar-refractivity contribution in [1.82, 2.24) is 9.78 Å². The predicted molar refractivity (Wildman–Crippen MR) is 94.5 cm³/mol. The van der Waals surface area contributed by atoms with Crippen LogP contribution in [-0.2, 0) is 6.18 Å². The van der Waals surface area contributed by atoms with Crippen molar-refractivity contribution < 1.29 is 27.1 Å². The third-order valence-corrected chi connectivity index (χ3v) is 4.07. The minimum absolute atomic E-state index is 0.155. The number of carbonyl (C=O) groups excluding carboxylic acids is 1. The Hall–Kier alpha value is -3.07. The molecule has 0 spiro atoms. The molecule has 0 saturated carbocycles. The van der Waals surface area contributed by atoms with E-state index in [9.17, 15) is 22.4 Å². The van der Waals surface area contributed by atoms with Crippen molar-refractivity contribution in [3.8, 4) is 11.4 Å². The molecular weight excluding hydrogens is 402 g/mol. The van der Waals surface area contributed by atoms with E-state index in [1.807, 2.05) is 0 Å². The molecule has 3 rings (SSSR count). The molecule has 28 heavy (non-hydrogen) atoms. The van der Waals surface area contributed by atoms with Gasteiger partial charge in [-0.1, -0.05) is 23.7 Å². The zero-order valence-electron chi connectivity index (χ0n) is 14.2. The van der Waals surface area contributed by atoms with Gasteiger partial charge in [0.25, 0.3) is 5.91 Å². The third kappa shape index (κ3) is 3.79. The first-order chi connectivity index (χ1) is 13.2. The molecule has 0 aliphatic carbocycles. The first-order valence-electron chi connectivity index (χ1n) is 7.77.